The van der Waals surface area contributed by atoms with Gasteiger partial charge in [-0.2, -0.15) is 0 Å². The van der Waals surface area contributed by atoms with Gasteiger partial charge in [-0.15, -0.1) is 0 Å². The van der Waals surface area contributed by atoms with Crippen LogP contribution in [-0.2, 0) is 10.0 Å². The van der Waals surface area contributed by atoms with Crippen LogP contribution in [0.1, 0.15) is 0 Å². The first-order chi connectivity index (χ1) is 14.3. The van der Waals surface area contributed by atoms with E-state index in [1.165, 1.54) is 37.6 Å². The molecular weight excluding hydrogens is 496 g/mol. The van der Waals surface area contributed by atoms with Crippen molar-refractivity contribution < 1.29 is 17.7 Å². The molecule has 0 bridgehead atoms. The van der Waals surface area contributed by atoms with Crippen LogP contribution in [0.2, 0.25) is 5.02 Å². The molecule has 2 aromatic carbocycles. The second kappa shape index (κ2) is 7.78. The van der Waals surface area contributed by atoms with E-state index in [0.29, 0.717) is 26.2 Å². The molecule has 0 atom stereocenters. The number of aromatic nitrogens is 2. The lowest BCUT2D eigenvalue weighted by atomic mass is 10.2. The molecule has 0 saturated carbocycles. The third-order valence-electron chi connectivity index (χ3n) is 4.29. The van der Waals surface area contributed by atoms with Crippen molar-refractivity contribution in [3.8, 4) is 5.75 Å². The predicted octanol–water partition coefficient (Wildman–Crippen LogP) is 4.76. The number of halogens is 2. The monoisotopic (exact) mass is 508 g/mol. The molecule has 0 radical (unpaired) electrons. The van der Waals surface area contributed by atoms with Crippen LogP contribution in [-0.4, -0.2) is 25.7 Å². The number of fused-ring (bicyclic) bond motifs is 1. The second-order valence-corrected chi connectivity index (χ2v) is 9.20. The Labute approximate surface area is 185 Å². The summed E-state index contributed by atoms with van der Waals surface area (Å²) < 4.78 is 39.2. The summed E-state index contributed by atoms with van der Waals surface area (Å²) in [6.07, 6.45) is 1.28. The maximum absolute atomic E-state index is 13.7. The summed E-state index contributed by atoms with van der Waals surface area (Å²) in [5.41, 5.74) is 6.46. The van der Waals surface area contributed by atoms with Crippen molar-refractivity contribution in [1.29, 1.82) is 0 Å². The van der Waals surface area contributed by atoms with Crippen molar-refractivity contribution in [3.63, 3.8) is 0 Å². The number of pyridine rings is 1. The standard InChI is InChI=1S/C19H14BrClN4O4S/c1-28-17-9-13(20)14(21)10-16(17)25(19-6-7-29-24-19)30(26,27)12-3-4-15-11(8-12)2-5-18(22)23-15/h2-10H,1H3,(H2,22,23). The molecule has 4 aromatic rings. The highest BCUT2D eigenvalue weighted by Crippen LogP contribution is 2.42. The zero-order chi connectivity index (χ0) is 21.5. The lowest BCUT2D eigenvalue weighted by Crippen LogP contribution is -2.27. The maximum atomic E-state index is 13.7. The number of nitrogen functional groups attached to an aromatic ring is 1. The number of anilines is 3. The summed E-state index contributed by atoms with van der Waals surface area (Å²) in [7, 11) is -2.71. The van der Waals surface area contributed by atoms with Gasteiger partial charge in [0.15, 0.2) is 5.82 Å². The van der Waals surface area contributed by atoms with Gasteiger partial charge in [0, 0.05) is 15.9 Å². The number of nitrogens with zero attached hydrogens (tertiary/aromatic N) is 3. The summed E-state index contributed by atoms with van der Waals surface area (Å²) >= 11 is 9.57. The van der Waals surface area contributed by atoms with Gasteiger partial charge < -0.3 is 15.0 Å². The normalized spacial score (nSPS) is 11.6. The van der Waals surface area contributed by atoms with Gasteiger partial charge in [-0.3, -0.25) is 0 Å². The van der Waals surface area contributed by atoms with E-state index in [0.717, 1.165) is 4.31 Å². The lowest BCUT2D eigenvalue weighted by molar-refractivity contribution is 0.414. The fourth-order valence-corrected chi connectivity index (χ4v) is 4.86. The first-order valence-corrected chi connectivity index (χ1v) is 11.1. The number of hydrogen-bond acceptors (Lipinski definition) is 7. The Bertz CT molecular complexity index is 1350. The number of benzene rings is 2. The van der Waals surface area contributed by atoms with Gasteiger partial charge in [-0.05, 0) is 58.4 Å². The van der Waals surface area contributed by atoms with Gasteiger partial charge in [0.05, 0.1) is 22.5 Å². The zero-order valence-corrected chi connectivity index (χ0v) is 18.6. The second-order valence-electron chi connectivity index (χ2n) is 6.16. The summed E-state index contributed by atoms with van der Waals surface area (Å²) in [4.78, 5) is 4.22. The van der Waals surface area contributed by atoms with Crippen LogP contribution >= 0.6 is 27.5 Å². The minimum Gasteiger partial charge on any atom is -0.494 e. The van der Waals surface area contributed by atoms with Crippen LogP contribution in [0.5, 0.6) is 5.75 Å². The molecule has 4 rings (SSSR count). The minimum absolute atomic E-state index is 0.0191. The molecule has 0 fully saturated rings. The number of nitrogens with two attached hydrogens (primary N) is 1. The number of methoxy groups -OCH3 is 1. The molecule has 0 amide bonds. The van der Waals surface area contributed by atoms with E-state index in [1.807, 2.05) is 0 Å². The Morgan fingerprint density at radius 3 is 2.67 bits per heavy atom. The van der Waals surface area contributed by atoms with Crippen molar-refractivity contribution in [1.82, 2.24) is 10.1 Å². The third kappa shape index (κ3) is 3.57. The molecule has 2 aromatic heterocycles. The van der Waals surface area contributed by atoms with Gasteiger partial charge in [-0.25, -0.2) is 17.7 Å². The fourth-order valence-electron chi connectivity index (χ4n) is 2.91. The zero-order valence-electron chi connectivity index (χ0n) is 15.4. The van der Waals surface area contributed by atoms with Crippen molar-refractivity contribution in [3.05, 3.63) is 64.3 Å². The molecule has 0 saturated heterocycles. The van der Waals surface area contributed by atoms with Crippen molar-refractivity contribution >= 4 is 65.8 Å². The third-order valence-corrected chi connectivity index (χ3v) is 7.20. The summed E-state index contributed by atoms with van der Waals surface area (Å²) in [5.74, 6) is 0.659. The minimum atomic E-state index is -4.14. The van der Waals surface area contributed by atoms with E-state index in [4.69, 9.17) is 26.6 Å². The SMILES string of the molecule is COc1cc(Br)c(Cl)cc1N(c1ccon1)S(=O)(=O)c1ccc2nc(N)ccc2c1. The van der Waals surface area contributed by atoms with Crippen LogP contribution < -0.4 is 14.8 Å². The van der Waals surface area contributed by atoms with E-state index < -0.39 is 10.0 Å². The lowest BCUT2D eigenvalue weighted by Gasteiger charge is -2.24. The van der Waals surface area contributed by atoms with Crippen molar-refractivity contribution in [2.75, 3.05) is 17.1 Å². The molecule has 11 heteroatoms. The molecule has 2 N–H and O–H groups in total. The maximum Gasteiger partial charge on any atom is 0.270 e. The molecular formula is C19H14BrClN4O4S. The molecule has 0 spiro atoms. The quantitative estimate of drug-likeness (QED) is 0.413. The first kappa shape index (κ1) is 20.5. The largest absolute Gasteiger partial charge is 0.494 e. The molecule has 0 unspecified atom stereocenters. The van der Waals surface area contributed by atoms with E-state index in [-0.39, 0.29) is 22.2 Å². The first-order valence-electron chi connectivity index (χ1n) is 8.46. The van der Waals surface area contributed by atoms with Gasteiger partial charge in [0.1, 0.15) is 23.5 Å². The van der Waals surface area contributed by atoms with Crippen molar-refractivity contribution in [2.45, 2.75) is 4.90 Å². The molecule has 30 heavy (non-hydrogen) atoms. The Hall–Kier alpha value is -2.82. The molecule has 0 aliphatic carbocycles. The Balaban J connectivity index is 1.94. The highest BCUT2D eigenvalue weighted by Gasteiger charge is 2.32. The van der Waals surface area contributed by atoms with Crippen molar-refractivity contribution in [2.24, 2.45) is 0 Å². The predicted molar refractivity (Wildman–Crippen MR) is 118 cm³/mol. The summed E-state index contributed by atoms with van der Waals surface area (Å²) in [5, 5.41) is 4.73. The molecule has 0 aliphatic heterocycles. The number of ether oxygens (including phenoxy) is 1. The van der Waals surface area contributed by atoms with E-state index in [9.17, 15) is 8.42 Å². The fraction of sp³-hybridized carbons (Fsp3) is 0.0526. The van der Waals surface area contributed by atoms with Gasteiger partial charge >= 0.3 is 0 Å². The van der Waals surface area contributed by atoms with Crippen LogP contribution in [0.4, 0.5) is 17.3 Å². The number of hydrogen-bond donors (Lipinski definition) is 1. The van der Waals surface area contributed by atoms with Gasteiger partial charge in [0.2, 0.25) is 0 Å². The Morgan fingerprint density at radius 1 is 1.17 bits per heavy atom. The molecule has 0 aliphatic rings. The Kier molecular flexibility index (Phi) is 5.31. The molecule has 154 valence electrons. The summed E-state index contributed by atoms with van der Waals surface area (Å²) in [6.45, 7) is 0. The summed E-state index contributed by atoms with van der Waals surface area (Å²) in [6, 6.07) is 12.3. The van der Waals surface area contributed by atoms with Crippen LogP contribution in [0.3, 0.4) is 0 Å². The van der Waals surface area contributed by atoms with E-state index >= 15 is 0 Å². The average Bonchev–Trinajstić information content (AvgIpc) is 3.24. The highest BCUT2D eigenvalue weighted by molar-refractivity contribution is 9.10. The number of rotatable bonds is 5. The topological polar surface area (TPSA) is 112 Å². The van der Waals surface area contributed by atoms with Gasteiger partial charge in [-0.1, -0.05) is 16.8 Å². The number of sulfonamides is 1. The van der Waals surface area contributed by atoms with Crippen LogP contribution in [0.15, 0.2) is 68.7 Å². The van der Waals surface area contributed by atoms with Crippen LogP contribution in [0.25, 0.3) is 10.9 Å². The van der Waals surface area contributed by atoms with Gasteiger partial charge in [0.25, 0.3) is 10.0 Å². The highest BCUT2D eigenvalue weighted by atomic mass is 79.9. The molecule has 8 nitrogen and oxygen atoms in total. The molecule has 2 heterocycles. The average molecular weight is 510 g/mol. The Morgan fingerprint density at radius 2 is 1.97 bits per heavy atom. The van der Waals surface area contributed by atoms with Crippen LogP contribution in [0, 0.1) is 0 Å². The van der Waals surface area contributed by atoms with E-state index in [2.05, 4.69) is 26.1 Å². The van der Waals surface area contributed by atoms with E-state index in [1.54, 1.807) is 24.3 Å². The smallest absolute Gasteiger partial charge is 0.270 e.